The summed E-state index contributed by atoms with van der Waals surface area (Å²) >= 11 is 3.28. The predicted molar refractivity (Wildman–Crippen MR) is 137 cm³/mol. The second-order valence-corrected chi connectivity index (χ2v) is 10.3. The molecule has 0 aliphatic carbocycles. The van der Waals surface area contributed by atoms with Crippen molar-refractivity contribution in [3.63, 3.8) is 0 Å². The van der Waals surface area contributed by atoms with Gasteiger partial charge in [0.25, 0.3) is 0 Å². The van der Waals surface area contributed by atoms with E-state index < -0.39 is 11.9 Å². The van der Waals surface area contributed by atoms with Crippen molar-refractivity contribution in [2.24, 2.45) is 11.6 Å². The van der Waals surface area contributed by atoms with Crippen LogP contribution in [-0.2, 0) is 11.2 Å². The Balaban J connectivity index is 1.66. The van der Waals surface area contributed by atoms with Gasteiger partial charge in [-0.25, -0.2) is 15.6 Å². The number of hydrogen-bond acceptors (Lipinski definition) is 9. The number of aromatic hydroxyl groups is 1. The summed E-state index contributed by atoms with van der Waals surface area (Å²) in [5.41, 5.74) is 10.3. The van der Waals surface area contributed by atoms with Crippen molar-refractivity contribution in [1.29, 1.82) is 0 Å². The van der Waals surface area contributed by atoms with E-state index in [4.69, 9.17) is 16.8 Å². The van der Waals surface area contributed by atoms with Crippen LogP contribution in [0.5, 0.6) is 5.75 Å². The molecule has 0 radical (unpaired) electrons. The molecule has 0 unspecified atom stereocenters. The van der Waals surface area contributed by atoms with E-state index in [2.05, 4.69) is 24.3 Å². The second kappa shape index (κ2) is 12.4. The molecular formula is C24H29N5O3S2. The molecule has 0 saturated carbocycles. The number of hydrazine groups is 1. The van der Waals surface area contributed by atoms with Crippen molar-refractivity contribution in [2.75, 3.05) is 13.6 Å². The van der Waals surface area contributed by atoms with Crippen molar-refractivity contribution in [1.82, 2.24) is 14.8 Å². The largest absolute Gasteiger partial charge is 0.508 e. The van der Waals surface area contributed by atoms with Crippen LogP contribution in [-0.4, -0.2) is 45.2 Å². The standard InChI is InChI=1S/C24H29N5O3S2/c1-28(34-24-12-11-22(33-24)18-5-3-2-4-6-18)16-20(15-25)29(26)19(14-23(31)27-32)13-17-7-9-21(30)10-8-17/h2-12,15,19,30,32H,13-14,16,25-26H2,1H3,(H,27,31)/b20-15-/t19-/m0/s1. The number of nitrogens with one attached hydrogen (secondary N) is 1. The lowest BCUT2D eigenvalue weighted by Crippen LogP contribution is -2.46. The van der Waals surface area contributed by atoms with E-state index in [-0.39, 0.29) is 12.2 Å². The van der Waals surface area contributed by atoms with E-state index in [9.17, 15) is 9.90 Å². The Morgan fingerprint density at radius 3 is 2.50 bits per heavy atom. The molecule has 7 N–H and O–H groups in total. The number of nitrogens with zero attached hydrogens (tertiary/aromatic N) is 2. The highest BCUT2D eigenvalue weighted by Crippen LogP contribution is 2.35. The molecule has 0 saturated heterocycles. The minimum atomic E-state index is -0.551. The Hall–Kier alpha value is -3.02. The third-order valence-electron chi connectivity index (χ3n) is 5.14. The number of hydrogen-bond donors (Lipinski definition) is 5. The summed E-state index contributed by atoms with van der Waals surface area (Å²) in [7, 11) is 1.94. The van der Waals surface area contributed by atoms with Gasteiger partial charge in [-0.2, -0.15) is 0 Å². The van der Waals surface area contributed by atoms with Gasteiger partial charge in [0, 0.05) is 11.1 Å². The Morgan fingerprint density at radius 1 is 1.15 bits per heavy atom. The number of hydroxylamine groups is 1. The summed E-state index contributed by atoms with van der Waals surface area (Å²) in [5.74, 6) is 6.02. The number of thiophene rings is 1. The van der Waals surface area contributed by atoms with Crippen molar-refractivity contribution >= 4 is 29.2 Å². The van der Waals surface area contributed by atoms with Gasteiger partial charge >= 0.3 is 0 Å². The molecule has 3 rings (SSSR count). The zero-order valence-corrected chi connectivity index (χ0v) is 20.4. The maximum absolute atomic E-state index is 11.9. The van der Waals surface area contributed by atoms with Gasteiger partial charge in [0.1, 0.15) is 5.75 Å². The molecule has 2 aromatic carbocycles. The van der Waals surface area contributed by atoms with Crippen molar-refractivity contribution in [3.8, 4) is 16.2 Å². The van der Waals surface area contributed by atoms with E-state index in [0.717, 1.165) is 9.77 Å². The molecule has 1 heterocycles. The van der Waals surface area contributed by atoms with Gasteiger partial charge in [-0.3, -0.25) is 10.0 Å². The van der Waals surface area contributed by atoms with Crippen LogP contribution in [0, 0.1) is 0 Å². The predicted octanol–water partition coefficient (Wildman–Crippen LogP) is 3.54. The molecule has 1 aromatic heterocycles. The van der Waals surface area contributed by atoms with Crippen LogP contribution < -0.4 is 17.1 Å². The highest BCUT2D eigenvalue weighted by molar-refractivity contribution is 7.99. The Bertz CT molecular complexity index is 1090. The Morgan fingerprint density at radius 2 is 1.85 bits per heavy atom. The summed E-state index contributed by atoms with van der Waals surface area (Å²) < 4.78 is 3.14. The minimum Gasteiger partial charge on any atom is -0.508 e. The summed E-state index contributed by atoms with van der Waals surface area (Å²) in [4.78, 5) is 13.1. The average molecular weight is 500 g/mol. The number of benzene rings is 2. The highest BCUT2D eigenvalue weighted by Gasteiger charge is 2.23. The van der Waals surface area contributed by atoms with Crippen LogP contribution in [0.2, 0.25) is 0 Å². The fourth-order valence-corrected chi connectivity index (χ4v) is 5.60. The zero-order valence-electron chi connectivity index (χ0n) is 18.8. The molecule has 0 aliphatic heterocycles. The topological polar surface area (TPSA) is 128 Å². The average Bonchev–Trinajstić information content (AvgIpc) is 3.31. The number of nitrogens with two attached hydrogens (primary N) is 2. The number of phenols is 1. The van der Waals surface area contributed by atoms with E-state index in [1.807, 2.05) is 29.6 Å². The van der Waals surface area contributed by atoms with E-state index in [0.29, 0.717) is 18.7 Å². The van der Waals surface area contributed by atoms with Gasteiger partial charge in [-0.05, 0) is 60.8 Å². The molecule has 3 aromatic rings. The lowest BCUT2D eigenvalue weighted by Gasteiger charge is -2.32. The zero-order chi connectivity index (χ0) is 24.5. The monoisotopic (exact) mass is 499 g/mol. The first-order valence-electron chi connectivity index (χ1n) is 10.6. The number of carbonyl (C=O) groups excluding carboxylic acids is 1. The van der Waals surface area contributed by atoms with Crippen LogP contribution >= 0.6 is 23.3 Å². The lowest BCUT2D eigenvalue weighted by molar-refractivity contribution is -0.130. The van der Waals surface area contributed by atoms with Gasteiger partial charge in [0.2, 0.25) is 5.91 Å². The fraction of sp³-hybridized carbons (Fsp3) is 0.208. The molecule has 10 heteroatoms. The van der Waals surface area contributed by atoms with Crippen LogP contribution in [0.15, 0.2) is 82.8 Å². The number of phenolic OH excluding ortho intramolecular Hbond substituents is 1. The molecule has 0 aliphatic rings. The molecule has 1 atom stereocenters. The highest BCUT2D eigenvalue weighted by atomic mass is 32.2. The Labute approximate surface area is 207 Å². The van der Waals surface area contributed by atoms with Gasteiger partial charge in [-0.15, -0.1) is 11.3 Å². The summed E-state index contributed by atoms with van der Waals surface area (Å²) in [6, 6.07) is 20.6. The first-order valence-corrected chi connectivity index (χ1v) is 12.2. The van der Waals surface area contributed by atoms with Gasteiger partial charge in [-0.1, -0.05) is 42.5 Å². The molecule has 0 fully saturated rings. The molecule has 180 valence electrons. The molecule has 0 spiro atoms. The maximum atomic E-state index is 11.9. The number of rotatable bonds is 11. The molecule has 34 heavy (non-hydrogen) atoms. The maximum Gasteiger partial charge on any atom is 0.245 e. The first kappa shape index (κ1) is 25.6. The molecule has 8 nitrogen and oxygen atoms in total. The third kappa shape index (κ3) is 7.24. The third-order valence-corrected chi connectivity index (χ3v) is 7.30. The SMILES string of the molecule is CN(C/C(=C/N)N(N)[C@H](CC(=O)NO)Cc1ccc(O)cc1)Sc1ccc(-c2ccccc2)s1. The Kier molecular flexibility index (Phi) is 9.37. The van der Waals surface area contributed by atoms with Gasteiger partial charge < -0.3 is 15.8 Å². The van der Waals surface area contributed by atoms with Gasteiger partial charge in [0.05, 0.1) is 28.9 Å². The van der Waals surface area contributed by atoms with Crippen LogP contribution in [0.1, 0.15) is 12.0 Å². The van der Waals surface area contributed by atoms with Crippen molar-refractivity contribution in [3.05, 3.63) is 84.2 Å². The normalized spacial score (nSPS) is 12.5. The molecule has 1 amide bonds. The number of carbonyl (C=O) groups is 1. The summed E-state index contributed by atoms with van der Waals surface area (Å²) in [6.45, 7) is 0.434. The van der Waals surface area contributed by atoms with Crippen molar-refractivity contribution < 1.29 is 15.1 Å². The summed E-state index contributed by atoms with van der Waals surface area (Å²) in [6.07, 6.45) is 1.82. The van der Waals surface area contributed by atoms with E-state index in [1.165, 1.54) is 21.6 Å². The van der Waals surface area contributed by atoms with Crippen LogP contribution in [0.4, 0.5) is 0 Å². The number of likely N-dealkylation sites (N-methyl/N-ethyl adjacent to an activating group) is 1. The van der Waals surface area contributed by atoms with Crippen molar-refractivity contribution in [2.45, 2.75) is 23.1 Å². The molecular weight excluding hydrogens is 470 g/mol. The van der Waals surface area contributed by atoms with Gasteiger partial charge in [0.15, 0.2) is 0 Å². The van der Waals surface area contributed by atoms with E-state index >= 15 is 0 Å². The molecule has 0 bridgehead atoms. The lowest BCUT2D eigenvalue weighted by atomic mass is 10.0. The quantitative estimate of drug-likeness (QED) is 0.117. The summed E-state index contributed by atoms with van der Waals surface area (Å²) in [5, 5.41) is 20.0. The fourth-order valence-electron chi connectivity index (χ4n) is 3.43. The van der Waals surface area contributed by atoms with Crippen LogP contribution in [0.25, 0.3) is 10.4 Å². The first-order chi connectivity index (χ1) is 16.4. The van der Waals surface area contributed by atoms with Crippen LogP contribution in [0.3, 0.4) is 0 Å². The van der Waals surface area contributed by atoms with E-state index in [1.54, 1.807) is 53.0 Å². The number of amides is 1. The smallest absolute Gasteiger partial charge is 0.245 e. The minimum absolute atomic E-state index is 0.0343. The second-order valence-electron chi connectivity index (χ2n) is 7.69.